The average molecular weight is 402 g/mol. The van der Waals surface area contributed by atoms with Crippen molar-refractivity contribution in [3.63, 3.8) is 0 Å². The molecule has 1 aromatic heterocycles. The highest BCUT2D eigenvalue weighted by Crippen LogP contribution is 2.28. The minimum atomic E-state index is -4.75. The molecule has 0 spiro atoms. The fourth-order valence-corrected chi connectivity index (χ4v) is 2.75. The molecule has 0 saturated carbocycles. The largest absolute Gasteiger partial charge is 0.573 e. The van der Waals surface area contributed by atoms with Crippen molar-refractivity contribution in [3.05, 3.63) is 66.2 Å². The normalized spacial score (nSPS) is 11.2. The van der Waals surface area contributed by atoms with Gasteiger partial charge in [0.25, 0.3) is 0 Å². The molecule has 0 bridgehead atoms. The van der Waals surface area contributed by atoms with Crippen molar-refractivity contribution in [2.45, 2.75) is 19.7 Å². The monoisotopic (exact) mass is 402 g/mol. The van der Waals surface area contributed by atoms with Crippen LogP contribution in [0.3, 0.4) is 0 Å². The van der Waals surface area contributed by atoms with Crippen molar-refractivity contribution in [2.24, 2.45) is 0 Å². The summed E-state index contributed by atoms with van der Waals surface area (Å²) in [4.78, 5) is 8.82. The van der Waals surface area contributed by atoms with Crippen LogP contribution in [-0.4, -0.2) is 29.4 Å². The molecule has 152 valence electrons. The Kier molecular flexibility index (Phi) is 6.54. The summed E-state index contributed by atoms with van der Waals surface area (Å²) in [5.74, 6) is 0.690. The lowest BCUT2D eigenvalue weighted by molar-refractivity contribution is -0.274. The van der Waals surface area contributed by atoms with Gasteiger partial charge in [-0.2, -0.15) is 4.98 Å². The van der Waals surface area contributed by atoms with E-state index >= 15 is 0 Å². The Hall–Kier alpha value is -3.29. The Labute approximate surface area is 167 Å². The highest BCUT2D eigenvalue weighted by molar-refractivity contribution is 5.65. The number of anilines is 2. The number of rotatable bonds is 8. The van der Waals surface area contributed by atoms with E-state index < -0.39 is 6.36 Å². The van der Waals surface area contributed by atoms with E-state index in [9.17, 15) is 13.2 Å². The van der Waals surface area contributed by atoms with E-state index in [0.717, 1.165) is 6.42 Å². The van der Waals surface area contributed by atoms with Gasteiger partial charge in [-0.1, -0.05) is 42.5 Å². The van der Waals surface area contributed by atoms with Crippen LogP contribution >= 0.6 is 0 Å². The van der Waals surface area contributed by atoms with Crippen LogP contribution in [0.25, 0.3) is 11.3 Å². The number of ether oxygens (including phenoxy) is 1. The standard InChI is InChI=1S/C21H21F3N4O/c1-2-25-20-27-18(16-9-6-10-17(13-16)29-21(22,23)24)14-19(28-20)26-12-11-15-7-4-3-5-8-15/h3-10,13-14H,2,11-12H2,1H3,(H2,25,26,27,28). The second-order valence-electron chi connectivity index (χ2n) is 6.23. The first-order valence-electron chi connectivity index (χ1n) is 9.20. The second kappa shape index (κ2) is 9.27. The number of hydrogen-bond donors (Lipinski definition) is 2. The molecule has 5 nitrogen and oxygen atoms in total. The third kappa shape index (κ3) is 6.38. The Morgan fingerprint density at radius 3 is 2.45 bits per heavy atom. The zero-order valence-corrected chi connectivity index (χ0v) is 15.8. The van der Waals surface area contributed by atoms with E-state index in [1.54, 1.807) is 12.1 Å². The fourth-order valence-electron chi connectivity index (χ4n) is 2.75. The molecule has 0 atom stereocenters. The molecule has 3 aromatic rings. The number of aromatic nitrogens is 2. The van der Waals surface area contributed by atoms with Crippen LogP contribution in [0, 0.1) is 0 Å². The van der Waals surface area contributed by atoms with Gasteiger partial charge in [0.2, 0.25) is 5.95 Å². The molecular weight excluding hydrogens is 381 g/mol. The lowest BCUT2D eigenvalue weighted by Gasteiger charge is -2.12. The molecule has 1 heterocycles. The fraction of sp³-hybridized carbons (Fsp3) is 0.238. The first-order chi connectivity index (χ1) is 13.9. The Bertz CT molecular complexity index is 933. The van der Waals surface area contributed by atoms with Crippen LogP contribution in [0.4, 0.5) is 24.9 Å². The minimum absolute atomic E-state index is 0.294. The van der Waals surface area contributed by atoms with Gasteiger partial charge in [-0.3, -0.25) is 0 Å². The molecule has 0 saturated heterocycles. The summed E-state index contributed by atoms with van der Waals surface area (Å²) >= 11 is 0. The molecule has 3 rings (SSSR count). The molecule has 0 unspecified atom stereocenters. The second-order valence-corrected chi connectivity index (χ2v) is 6.23. The third-order valence-corrected chi connectivity index (χ3v) is 3.99. The number of alkyl halides is 3. The topological polar surface area (TPSA) is 59.1 Å². The molecule has 2 N–H and O–H groups in total. The predicted octanol–water partition coefficient (Wildman–Crippen LogP) is 5.13. The van der Waals surface area contributed by atoms with E-state index in [1.807, 2.05) is 37.3 Å². The van der Waals surface area contributed by atoms with E-state index in [-0.39, 0.29) is 5.75 Å². The van der Waals surface area contributed by atoms with Gasteiger partial charge >= 0.3 is 6.36 Å². The molecule has 0 radical (unpaired) electrons. The lowest BCUT2D eigenvalue weighted by atomic mass is 10.1. The van der Waals surface area contributed by atoms with Crippen molar-refractivity contribution in [2.75, 3.05) is 23.7 Å². The minimum Gasteiger partial charge on any atom is -0.406 e. The maximum absolute atomic E-state index is 12.5. The highest BCUT2D eigenvalue weighted by Gasteiger charge is 2.31. The van der Waals surface area contributed by atoms with Gasteiger partial charge in [-0.25, -0.2) is 4.98 Å². The van der Waals surface area contributed by atoms with Crippen molar-refractivity contribution >= 4 is 11.8 Å². The Morgan fingerprint density at radius 1 is 0.931 bits per heavy atom. The van der Waals surface area contributed by atoms with Crippen molar-refractivity contribution in [1.29, 1.82) is 0 Å². The molecule has 0 aliphatic heterocycles. The molecule has 0 aliphatic carbocycles. The van der Waals surface area contributed by atoms with Gasteiger partial charge in [-0.15, -0.1) is 13.2 Å². The summed E-state index contributed by atoms with van der Waals surface area (Å²) in [7, 11) is 0. The summed E-state index contributed by atoms with van der Waals surface area (Å²) in [5.41, 5.74) is 2.18. The Balaban J connectivity index is 1.80. The van der Waals surface area contributed by atoms with Crippen molar-refractivity contribution in [1.82, 2.24) is 9.97 Å². The maximum Gasteiger partial charge on any atom is 0.573 e. The predicted molar refractivity (Wildman–Crippen MR) is 107 cm³/mol. The highest BCUT2D eigenvalue weighted by atomic mass is 19.4. The van der Waals surface area contributed by atoms with Crippen LogP contribution in [0.15, 0.2) is 60.7 Å². The average Bonchev–Trinajstić information content (AvgIpc) is 2.68. The van der Waals surface area contributed by atoms with Crippen LogP contribution in [0.2, 0.25) is 0 Å². The summed E-state index contributed by atoms with van der Waals surface area (Å²) in [5, 5.41) is 6.30. The summed E-state index contributed by atoms with van der Waals surface area (Å²) < 4.78 is 41.6. The van der Waals surface area contributed by atoms with Crippen LogP contribution in [0.1, 0.15) is 12.5 Å². The van der Waals surface area contributed by atoms with Crippen molar-refractivity contribution < 1.29 is 17.9 Å². The first kappa shape index (κ1) is 20.4. The van der Waals surface area contributed by atoms with Crippen LogP contribution in [0.5, 0.6) is 5.75 Å². The molecule has 0 aliphatic rings. The van der Waals surface area contributed by atoms with E-state index in [0.29, 0.717) is 36.1 Å². The summed E-state index contributed by atoms with van der Waals surface area (Å²) in [6, 6.07) is 17.5. The molecule has 0 amide bonds. The Morgan fingerprint density at radius 2 is 1.72 bits per heavy atom. The van der Waals surface area contributed by atoms with Gasteiger partial charge in [-0.05, 0) is 31.0 Å². The van der Waals surface area contributed by atoms with Gasteiger partial charge in [0.1, 0.15) is 11.6 Å². The smallest absolute Gasteiger partial charge is 0.406 e. The van der Waals surface area contributed by atoms with Crippen LogP contribution in [-0.2, 0) is 6.42 Å². The van der Waals surface area contributed by atoms with Gasteiger partial charge in [0, 0.05) is 24.7 Å². The summed E-state index contributed by atoms with van der Waals surface area (Å²) in [6.07, 6.45) is -3.94. The summed E-state index contributed by atoms with van der Waals surface area (Å²) in [6.45, 7) is 3.18. The zero-order chi connectivity index (χ0) is 20.7. The first-order valence-corrected chi connectivity index (χ1v) is 9.20. The van der Waals surface area contributed by atoms with E-state index in [2.05, 4.69) is 25.3 Å². The number of halogens is 3. The van der Waals surface area contributed by atoms with Gasteiger partial charge in [0.15, 0.2) is 0 Å². The molecule has 29 heavy (non-hydrogen) atoms. The number of hydrogen-bond acceptors (Lipinski definition) is 5. The van der Waals surface area contributed by atoms with Gasteiger partial charge in [0.05, 0.1) is 5.69 Å². The molecular formula is C21H21F3N4O. The lowest BCUT2D eigenvalue weighted by Crippen LogP contribution is -2.17. The van der Waals surface area contributed by atoms with E-state index in [1.165, 1.54) is 23.8 Å². The van der Waals surface area contributed by atoms with Crippen LogP contribution < -0.4 is 15.4 Å². The number of nitrogens with zero attached hydrogens (tertiary/aromatic N) is 2. The SMILES string of the molecule is CCNc1nc(NCCc2ccccc2)cc(-c2cccc(OC(F)(F)F)c2)n1. The third-order valence-electron chi connectivity index (χ3n) is 3.99. The quantitative estimate of drug-likeness (QED) is 0.547. The zero-order valence-electron chi connectivity index (χ0n) is 15.8. The van der Waals surface area contributed by atoms with Gasteiger partial charge < -0.3 is 15.4 Å². The molecule has 0 fully saturated rings. The molecule has 8 heteroatoms. The number of nitrogens with one attached hydrogen (secondary N) is 2. The van der Waals surface area contributed by atoms with Crippen molar-refractivity contribution in [3.8, 4) is 17.0 Å². The van der Waals surface area contributed by atoms with E-state index in [4.69, 9.17) is 0 Å². The number of benzene rings is 2. The maximum atomic E-state index is 12.5. The molecule has 2 aromatic carbocycles.